The minimum Gasteiger partial charge on any atom is -0.333 e. The zero-order chi connectivity index (χ0) is 16.0. The minimum absolute atomic E-state index is 0.0581. The quantitative estimate of drug-likeness (QED) is 0.748. The van der Waals surface area contributed by atoms with Crippen LogP contribution in [0.5, 0.6) is 0 Å². The summed E-state index contributed by atoms with van der Waals surface area (Å²) in [5.41, 5.74) is 1.19. The molecule has 1 aromatic carbocycles. The van der Waals surface area contributed by atoms with Gasteiger partial charge in [-0.1, -0.05) is 0 Å². The second kappa shape index (κ2) is 5.23. The Bertz CT molecular complexity index is 658. The number of carbonyl (C=O) groups is 3. The third-order valence-electron chi connectivity index (χ3n) is 4.76. The molecule has 0 N–H and O–H groups in total. The van der Waals surface area contributed by atoms with Crippen LogP contribution in [0.15, 0.2) is 18.2 Å². The molecule has 3 rings (SSSR count). The first-order valence-electron chi connectivity index (χ1n) is 7.71. The lowest BCUT2D eigenvalue weighted by Gasteiger charge is -2.39. The molecule has 22 heavy (non-hydrogen) atoms. The summed E-state index contributed by atoms with van der Waals surface area (Å²) >= 11 is 0. The predicted octanol–water partition coefficient (Wildman–Crippen LogP) is 2.32. The molecule has 2 aliphatic rings. The van der Waals surface area contributed by atoms with Gasteiger partial charge in [-0.25, -0.2) is 0 Å². The predicted molar refractivity (Wildman–Crippen MR) is 81.8 cm³/mol. The van der Waals surface area contributed by atoms with Crippen molar-refractivity contribution >= 4 is 17.7 Å². The van der Waals surface area contributed by atoms with Crippen molar-refractivity contribution in [3.05, 3.63) is 34.9 Å². The zero-order valence-electron chi connectivity index (χ0n) is 13.1. The van der Waals surface area contributed by atoms with Crippen LogP contribution in [0.1, 0.15) is 64.2 Å². The van der Waals surface area contributed by atoms with Crippen molar-refractivity contribution < 1.29 is 14.4 Å². The van der Waals surface area contributed by atoms with Crippen molar-refractivity contribution in [2.24, 2.45) is 0 Å². The van der Waals surface area contributed by atoms with Crippen LogP contribution in [0.2, 0.25) is 0 Å². The highest BCUT2D eigenvalue weighted by Crippen LogP contribution is 2.27. The lowest BCUT2D eigenvalue weighted by atomic mass is 9.95. The molecule has 2 aliphatic heterocycles. The molecule has 1 fully saturated rings. The number of amides is 3. The van der Waals surface area contributed by atoms with E-state index in [0.29, 0.717) is 16.7 Å². The SMILES string of the molecule is CC1CCCC(C)N1C(=O)c1ccc2c(c1)C(=O)N(C)C2=O. The zero-order valence-corrected chi connectivity index (χ0v) is 13.1. The van der Waals surface area contributed by atoms with E-state index in [-0.39, 0.29) is 29.8 Å². The fourth-order valence-corrected chi connectivity index (χ4v) is 3.46. The number of rotatable bonds is 1. The summed E-state index contributed by atoms with van der Waals surface area (Å²) in [7, 11) is 1.46. The molecular weight excluding hydrogens is 280 g/mol. The molecule has 0 bridgehead atoms. The monoisotopic (exact) mass is 300 g/mol. The van der Waals surface area contributed by atoms with Crippen molar-refractivity contribution in [3.63, 3.8) is 0 Å². The van der Waals surface area contributed by atoms with E-state index in [4.69, 9.17) is 0 Å². The normalized spacial score (nSPS) is 24.7. The van der Waals surface area contributed by atoms with Crippen molar-refractivity contribution in [1.29, 1.82) is 0 Å². The molecule has 5 nitrogen and oxygen atoms in total. The van der Waals surface area contributed by atoms with Gasteiger partial charge >= 0.3 is 0 Å². The highest BCUT2D eigenvalue weighted by molar-refractivity contribution is 6.21. The average Bonchev–Trinajstić information content (AvgIpc) is 2.71. The molecule has 0 spiro atoms. The Morgan fingerprint density at radius 2 is 1.64 bits per heavy atom. The van der Waals surface area contributed by atoms with Crippen LogP contribution in [0.25, 0.3) is 0 Å². The van der Waals surface area contributed by atoms with Crippen molar-refractivity contribution in [1.82, 2.24) is 9.80 Å². The van der Waals surface area contributed by atoms with Gasteiger partial charge in [0.15, 0.2) is 0 Å². The maximum Gasteiger partial charge on any atom is 0.261 e. The number of hydrogen-bond acceptors (Lipinski definition) is 3. The topological polar surface area (TPSA) is 57.7 Å². The van der Waals surface area contributed by atoms with E-state index in [1.54, 1.807) is 18.2 Å². The van der Waals surface area contributed by atoms with Crippen LogP contribution in [-0.4, -0.2) is 46.7 Å². The molecule has 116 valence electrons. The Hall–Kier alpha value is -2.17. The summed E-state index contributed by atoms with van der Waals surface area (Å²) in [6.07, 6.45) is 3.14. The number of hydrogen-bond donors (Lipinski definition) is 0. The lowest BCUT2D eigenvalue weighted by Crippen LogP contribution is -2.47. The number of carbonyl (C=O) groups excluding carboxylic acids is 3. The van der Waals surface area contributed by atoms with Gasteiger partial charge < -0.3 is 4.90 Å². The number of benzene rings is 1. The van der Waals surface area contributed by atoms with Gasteiger partial charge in [-0.05, 0) is 51.3 Å². The largest absolute Gasteiger partial charge is 0.333 e. The number of nitrogens with zero attached hydrogens (tertiary/aromatic N) is 2. The first-order chi connectivity index (χ1) is 10.4. The third kappa shape index (κ3) is 2.12. The van der Waals surface area contributed by atoms with Crippen molar-refractivity contribution in [2.75, 3.05) is 7.05 Å². The molecule has 0 radical (unpaired) electrons. The van der Waals surface area contributed by atoms with Gasteiger partial charge in [0.05, 0.1) is 11.1 Å². The van der Waals surface area contributed by atoms with Gasteiger partial charge in [-0.3, -0.25) is 19.3 Å². The Balaban J connectivity index is 1.95. The first kappa shape index (κ1) is 14.8. The smallest absolute Gasteiger partial charge is 0.261 e. The fraction of sp³-hybridized carbons (Fsp3) is 0.471. The van der Waals surface area contributed by atoms with Crippen LogP contribution in [0.3, 0.4) is 0 Å². The van der Waals surface area contributed by atoms with E-state index in [0.717, 1.165) is 24.2 Å². The first-order valence-corrected chi connectivity index (χ1v) is 7.71. The molecule has 1 aromatic rings. The van der Waals surface area contributed by atoms with Crippen LogP contribution < -0.4 is 0 Å². The molecule has 2 heterocycles. The molecule has 2 unspecified atom stereocenters. The summed E-state index contributed by atoms with van der Waals surface area (Å²) in [6.45, 7) is 4.12. The van der Waals surface area contributed by atoms with Crippen LogP contribution in [0.4, 0.5) is 0 Å². The van der Waals surface area contributed by atoms with E-state index >= 15 is 0 Å². The molecular formula is C17H20N2O3. The fourth-order valence-electron chi connectivity index (χ4n) is 3.46. The summed E-state index contributed by atoms with van der Waals surface area (Å²) < 4.78 is 0. The van der Waals surface area contributed by atoms with E-state index in [9.17, 15) is 14.4 Å². The Morgan fingerprint density at radius 1 is 1.05 bits per heavy atom. The molecule has 0 aliphatic carbocycles. The molecule has 0 saturated carbocycles. The number of likely N-dealkylation sites (tertiary alicyclic amines) is 1. The summed E-state index contributed by atoms with van der Waals surface area (Å²) in [6, 6.07) is 5.20. The van der Waals surface area contributed by atoms with Gasteiger partial charge in [0.1, 0.15) is 0 Å². The van der Waals surface area contributed by atoms with Gasteiger partial charge in [0.25, 0.3) is 17.7 Å². The van der Waals surface area contributed by atoms with Gasteiger partial charge in [0.2, 0.25) is 0 Å². The number of piperidine rings is 1. The van der Waals surface area contributed by atoms with E-state index < -0.39 is 0 Å². The standard InChI is InChI=1S/C17H20N2O3/c1-10-5-4-6-11(2)19(10)15(20)12-7-8-13-14(9-12)17(22)18(3)16(13)21/h7-11H,4-6H2,1-3H3. The minimum atomic E-state index is -0.339. The Kier molecular flexibility index (Phi) is 3.51. The number of fused-ring (bicyclic) bond motifs is 1. The Labute approximate surface area is 129 Å². The number of imide groups is 1. The van der Waals surface area contributed by atoms with Gasteiger partial charge in [0, 0.05) is 24.7 Å². The highest BCUT2D eigenvalue weighted by Gasteiger charge is 2.35. The van der Waals surface area contributed by atoms with Crippen LogP contribution in [-0.2, 0) is 0 Å². The third-order valence-corrected chi connectivity index (χ3v) is 4.76. The van der Waals surface area contributed by atoms with Gasteiger partial charge in [-0.15, -0.1) is 0 Å². The second-order valence-electron chi connectivity index (χ2n) is 6.27. The Morgan fingerprint density at radius 3 is 2.27 bits per heavy atom. The summed E-state index contributed by atoms with van der Waals surface area (Å²) in [4.78, 5) is 39.8. The summed E-state index contributed by atoms with van der Waals surface area (Å²) in [5, 5.41) is 0. The maximum atomic E-state index is 12.8. The van der Waals surface area contributed by atoms with Gasteiger partial charge in [-0.2, -0.15) is 0 Å². The van der Waals surface area contributed by atoms with E-state index in [2.05, 4.69) is 13.8 Å². The summed E-state index contributed by atoms with van der Waals surface area (Å²) in [5.74, 6) is -0.703. The maximum absolute atomic E-state index is 12.8. The second-order valence-corrected chi connectivity index (χ2v) is 6.27. The molecule has 1 saturated heterocycles. The van der Waals surface area contributed by atoms with Crippen molar-refractivity contribution in [2.45, 2.75) is 45.2 Å². The highest BCUT2D eigenvalue weighted by atomic mass is 16.2. The van der Waals surface area contributed by atoms with Crippen LogP contribution >= 0.6 is 0 Å². The average molecular weight is 300 g/mol. The van der Waals surface area contributed by atoms with E-state index in [1.165, 1.54) is 7.05 Å². The van der Waals surface area contributed by atoms with Crippen LogP contribution in [0, 0.1) is 0 Å². The molecule has 0 aromatic heterocycles. The molecule has 3 amide bonds. The van der Waals surface area contributed by atoms with E-state index in [1.807, 2.05) is 4.90 Å². The van der Waals surface area contributed by atoms with Crippen molar-refractivity contribution in [3.8, 4) is 0 Å². The molecule has 2 atom stereocenters. The lowest BCUT2D eigenvalue weighted by molar-refractivity contribution is 0.0510. The molecule has 5 heteroatoms.